The average Bonchev–Trinajstić information content (AvgIpc) is 2.87. The molecule has 1 aromatic rings. The van der Waals surface area contributed by atoms with Crippen LogP contribution in [0, 0.1) is 10.1 Å². The molecule has 5 heteroatoms. The Balaban J connectivity index is 2.17. The number of amides is 1. The summed E-state index contributed by atoms with van der Waals surface area (Å²) in [6, 6.07) is 5.69. The van der Waals surface area contributed by atoms with E-state index in [4.69, 9.17) is 0 Å². The van der Waals surface area contributed by atoms with Crippen LogP contribution in [0.15, 0.2) is 24.3 Å². The van der Waals surface area contributed by atoms with E-state index in [-0.39, 0.29) is 17.1 Å². The zero-order chi connectivity index (χ0) is 11.9. The van der Waals surface area contributed by atoms with Gasteiger partial charge in [-0.1, -0.05) is 0 Å². The average molecular weight is 220 g/mol. The van der Waals surface area contributed by atoms with Crippen molar-refractivity contribution in [2.75, 3.05) is 6.54 Å². The lowest BCUT2D eigenvalue weighted by molar-refractivity contribution is -0.384. The van der Waals surface area contributed by atoms with Gasteiger partial charge >= 0.3 is 0 Å². The van der Waals surface area contributed by atoms with Gasteiger partial charge in [0.15, 0.2) is 0 Å². The predicted octanol–water partition coefficient (Wildman–Crippen LogP) is 1.83. The molecule has 1 aliphatic rings. The van der Waals surface area contributed by atoms with Crippen LogP contribution in [0.3, 0.4) is 0 Å². The van der Waals surface area contributed by atoms with E-state index in [1.165, 1.54) is 24.3 Å². The first kappa shape index (κ1) is 10.6. The van der Waals surface area contributed by atoms with Crippen LogP contribution in [0.5, 0.6) is 0 Å². The Morgan fingerprint density at radius 3 is 2.25 bits per heavy atom. The minimum Gasteiger partial charge on any atom is -0.329 e. The summed E-state index contributed by atoms with van der Waals surface area (Å²) in [6.07, 6.45) is 0. The Labute approximate surface area is 92.8 Å². The molecular formula is C11H12N2O3. The lowest BCUT2D eigenvalue weighted by Gasteiger charge is -2.06. The number of nitrogens with zero attached hydrogens (tertiary/aromatic N) is 2. The van der Waals surface area contributed by atoms with E-state index >= 15 is 0 Å². The van der Waals surface area contributed by atoms with Gasteiger partial charge < -0.3 is 4.90 Å². The Morgan fingerprint density at radius 2 is 1.88 bits per heavy atom. The zero-order valence-electron chi connectivity index (χ0n) is 9.14. The monoisotopic (exact) mass is 220 g/mol. The first-order chi connectivity index (χ1) is 7.42. The van der Waals surface area contributed by atoms with E-state index < -0.39 is 4.92 Å². The van der Waals surface area contributed by atoms with Crippen molar-refractivity contribution < 1.29 is 9.72 Å². The minimum absolute atomic E-state index is 0.00149. The van der Waals surface area contributed by atoms with E-state index in [1.54, 1.807) is 4.90 Å². The van der Waals surface area contributed by atoms with Gasteiger partial charge in [0.25, 0.3) is 11.6 Å². The largest absolute Gasteiger partial charge is 0.329 e. The maximum Gasteiger partial charge on any atom is 0.269 e. The summed E-state index contributed by atoms with van der Waals surface area (Å²) >= 11 is 0. The van der Waals surface area contributed by atoms with Crippen molar-refractivity contribution in [2.24, 2.45) is 0 Å². The van der Waals surface area contributed by atoms with E-state index in [0.29, 0.717) is 5.56 Å². The molecule has 0 aliphatic carbocycles. The molecule has 5 nitrogen and oxygen atoms in total. The Bertz CT molecular complexity index is 451. The van der Waals surface area contributed by atoms with Crippen LogP contribution in [0.2, 0.25) is 0 Å². The highest BCUT2D eigenvalue weighted by atomic mass is 16.6. The highest BCUT2D eigenvalue weighted by molar-refractivity contribution is 5.96. The van der Waals surface area contributed by atoms with Crippen LogP contribution in [0.4, 0.5) is 5.69 Å². The fourth-order valence-corrected chi connectivity index (χ4v) is 1.58. The molecule has 1 aromatic carbocycles. The van der Waals surface area contributed by atoms with E-state index in [1.807, 2.05) is 13.8 Å². The molecule has 0 aromatic heterocycles. The molecule has 84 valence electrons. The summed E-state index contributed by atoms with van der Waals surface area (Å²) in [5.41, 5.74) is 0.427. The second-order valence-electron chi connectivity index (χ2n) is 4.51. The van der Waals surface area contributed by atoms with Gasteiger partial charge in [-0.05, 0) is 26.0 Å². The van der Waals surface area contributed by atoms with Crippen molar-refractivity contribution in [1.82, 2.24) is 4.90 Å². The SMILES string of the molecule is CC1(C)CN1C(=O)c1ccc([N+](=O)[O-])cc1. The normalized spacial score (nSPS) is 17.0. The number of hydrogen-bond acceptors (Lipinski definition) is 3. The molecule has 0 N–H and O–H groups in total. The molecule has 2 rings (SSSR count). The van der Waals surface area contributed by atoms with Gasteiger partial charge in [0.05, 0.1) is 10.5 Å². The number of carbonyl (C=O) groups is 1. The number of carbonyl (C=O) groups excluding carboxylic acids is 1. The van der Waals surface area contributed by atoms with Gasteiger partial charge in [0.2, 0.25) is 0 Å². The number of nitro groups is 1. The number of hydrogen-bond donors (Lipinski definition) is 0. The number of benzene rings is 1. The summed E-state index contributed by atoms with van der Waals surface area (Å²) in [5, 5.41) is 10.4. The van der Waals surface area contributed by atoms with Gasteiger partial charge in [-0.15, -0.1) is 0 Å². The van der Waals surface area contributed by atoms with Crippen LogP contribution in [0.1, 0.15) is 24.2 Å². The molecule has 1 amide bonds. The first-order valence-electron chi connectivity index (χ1n) is 4.98. The molecule has 0 bridgehead atoms. The third-order valence-electron chi connectivity index (χ3n) is 2.74. The fraction of sp³-hybridized carbons (Fsp3) is 0.364. The van der Waals surface area contributed by atoms with Gasteiger partial charge in [0, 0.05) is 24.2 Å². The third-order valence-corrected chi connectivity index (χ3v) is 2.74. The number of nitro benzene ring substituents is 1. The lowest BCUT2D eigenvalue weighted by atomic mass is 10.2. The summed E-state index contributed by atoms with van der Waals surface area (Å²) < 4.78 is 0. The summed E-state index contributed by atoms with van der Waals surface area (Å²) in [6.45, 7) is 4.70. The van der Waals surface area contributed by atoms with Gasteiger partial charge in [-0.3, -0.25) is 14.9 Å². The number of non-ortho nitro benzene ring substituents is 1. The molecule has 1 aliphatic heterocycles. The Hall–Kier alpha value is -1.91. The molecular weight excluding hydrogens is 208 g/mol. The minimum atomic E-state index is -0.477. The highest BCUT2D eigenvalue weighted by Crippen LogP contribution is 2.32. The summed E-state index contributed by atoms with van der Waals surface area (Å²) in [7, 11) is 0. The van der Waals surface area contributed by atoms with Gasteiger partial charge in [0.1, 0.15) is 0 Å². The van der Waals surface area contributed by atoms with Crippen molar-refractivity contribution in [2.45, 2.75) is 19.4 Å². The van der Waals surface area contributed by atoms with E-state index in [0.717, 1.165) is 6.54 Å². The topological polar surface area (TPSA) is 63.2 Å². The Kier molecular flexibility index (Phi) is 2.18. The maximum absolute atomic E-state index is 11.9. The molecule has 0 saturated carbocycles. The maximum atomic E-state index is 11.9. The van der Waals surface area contributed by atoms with E-state index in [2.05, 4.69) is 0 Å². The molecule has 0 radical (unpaired) electrons. The number of rotatable bonds is 2. The fourth-order valence-electron chi connectivity index (χ4n) is 1.58. The molecule has 0 unspecified atom stereocenters. The van der Waals surface area contributed by atoms with Crippen molar-refractivity contribution in [3.8, 4) is 0 Å². The van der Waals surface area contributed by atoms with Crippen molar-refractivity contribution in [3.63, 3.8) is 0 Å². The molecule has 1 heterocycles. The molecule has 0 atom stereocenters. The first-order valence-corrected chi connectivity index (χ1v) is 4.98. The second-order valence-corrected chi connectivity index (χ2v) is 4.51. The van der Waals surface area contributed by atoms with Crippen LogP contribution in [-0.2, 0) is 0 Å². The zero-order valence-corrected chi connectivity index (χ0v) is 9.14. The van der Waals surface area contributed by atoms with Crippen LogP contribution < -0.4 is 0 Å². The Morgan fingerprint density at radius 1 is 1.38 bits per heavy atom. The van der Waals surface area contributed by atoms with Crippen LogP contribution in [0.25, 0.3) is 0 Å². The van der Waals surface area contributed by atoms with E-state index in [9.17, 15) is 14.9 Å². The third kappa shape index (κ3) is 1.76. The standard InChI is InChI=1S/C11H12N2O3/c1-11(2)7-12(11)10(14)8-3-5-9(6-4-8)13(15)16/h3-6H,7H2,1-2H3. The lowest BCUT2D eigenvalue weighted by Crippen LogP contribution is -2.17. The molecule has 16 heavy (non-hydrogen) atoms. The summed E-state index contributed by atoms with van der Waals surface area (Å²) in [5.74, 6) is -0.0695. The quantitative estimate of drug-likeness (QED) is 0.434. The van der Waals surface area contributed by atoms with Crippen molar-refractivity contribution in [3.05, 3.63) is 39.9 Å². The van der Waals surface area contributed by atoms with Crippen LogP contribution >= 0.6 is 0 Å². The highest BCUT2D eigenvalue weighted by Gasteiger charge is 2.46. The predicted molar refractivity (Wildman–Crippen MR) is 58.2 cm³/mol. The van der Waals surface area contributed by atoms with Gasteiger partial charge in [-0.25, -0.2) is 0 Å². The molecule has 0 spiro atoms. The van der Waals surface area contributed by atoms with Crippen molar-refractivity contribution in [1.29, 1.82) is 0 Å². The second kappa shape index (κ2) is 3.30. The smallest absolute Gasteiger partial charge is 0.269 e. The van der Waals surface area contributed by atoms with Crippen molar-refractivity contribution >= 4 is 11.6 Å². The van der Waals surface area contributed by atoms with Gasteiger partial charge in [-0.2, -0.15) is 0 Å². The molecule has 1 fully saturated rings. The summed E-state index contributed by atoms with van der Waals surface area (Å²) in [4.78, 5) is 23.6. The molecule has 1 saturated heterocycles. The van der Waals surface area contributed by atoms with Crippen LogP contribution in [-0.4, -0.2) is 27.8 Å².